The highest BCUT2D eigenvalue weighted by Gasteiger charge is 2.10. The number of ether oxygens (including phenoxy) is 2. The average molecular weight is 327 g/mol. The fourth-order valence-corrected chi connectivity index (χ4v) is 2.86. The molecule has 0 saturated heterocycles. The van der Waals surface area contributed by atoms with Gasteiger partial charge in [-0.15, -0.1) is 11.8 Å². The SMILES string of the molecule is COc1ccc(OC)c(Nc2nc(SC)c3ccccc3n2)c1. The van der Waals surface area contributed by atoms with Gasteiger partial charge in [0.05, 0.1) is 25.4 Å². The Morgan fingerprint density at radius 2 is 1.83 bits per heavy atom. The van der Waals surface area contributed by atoms with Crippen LogP contribution in [-0.4, -0.2) is 30.4 Å². The van der Waals surface area contributed by atoms with Crippen molar-refractivity contribution in [2.45, 2.75) is 5.03 Å². The Kier molecular flexibility index (Phi) is 4.52. The van der Waals surface area contributed by atoms with Crippen molar-refractivity contribution in [3.8, 4) is 11.5 Å². The summed E-state index contributed by atoms with van der Waals surface area (Å²) in [5.74, 6) is 1.96. The van der Waals surface area contributed by atoms with E-state index in [1.807, 2.05) is 48.7 Å². The maximum Gasteiger partial charge on any atom is 0.228 e. The largest absolute Gasteiger partial charge is 0.497 e. The van der Waals surface area contributed by atoms with Crippen LogP contribution in [0.5, 0.6) is 11.5 Å². The van der Waals surface area contributed by atoms with Crippen molar-refractivity contribution in [2.75, 3.05) is 25.8 Å². The van der Waals surface area contributed by atoms with Gasteiger partial charge in [0.25, 0.3) is 0 Å². The molecule has 2 aromatic carbocycles. The first-order valence-electron chi connectivity index (χ1n) is 7.05. The van der Waals surface area contributed by atoms with Crippen LogP contribution in [0.4, 0.5) is 11.6 Å². The van der Waals surface area contributed by atoms with E-state index in [1.165, 1.54) is 0 Å². The zero-order chi connectivity index (χ0) is 16.2. The zero-order valence-electron chi connectivity index (χ0n) is 13.2. The smallest absolute Gasteiger partial charge is 0.228 e. The number of nitrogens with zero attached hydrogens (tertiary/aromatic N) is 2. The van der Waals surface area contributed by atoms with Crippen LogP contribution in [0.15, 0.2) is 47.5 Å². The van der Waals surface area contributed by atoms with Crippen molar-refractivity contribution in [2.24, 2.45) is 0 Å². The molecular formula is C17H17N3O2S. The molecule has 0 spiro atoms. The summed E-state index contributed by atoms with van der Waals surface area (Å²) in [5.41, 5.74) is 1.66. The predicted octanol–water partition coefficient (Wildman–Crippen LogP) is 4.11. The number of fused-ring (bicyclic) bond motifs is 1. The molecule has 0 aliphatic heterocycles. The molecule has 1 aromatic heterocycles. The Labute approximate surface area is 139 Å². The quantitative estimate of drug-likeness (QED) is 0.562. The Hall–Kier alpha value is -2.47. The molecule has 118 valence electrons. The van der Waals surface area contributed by atoms with Gasteiger partial charge in [0.2, 0.25) is 5.95 Å². The molecule has 5 nitrogen and oxygen atoms in total. The molecule has 0 bridgehead atoms. The van der Waals surface area contributed by atoms with Crippen LogP contribution in [0.3, 0.4) is 0 Å². The standard InChI is InChI=1S/C17H17N3O2S/c1-21-11-8-9-15(22-2)14(10-11)19-17-18-13-7-5-4-6-12(13)16(20-17)23-3/h4-10H,1-3H3,(H,18,19,20). The number of aromatic nitrogens is 2. The van der Waals surface area contributed by atoms with E-state index in [0.717, 1.165) is 27.4 Å². The highest BCUT2D eigenvalue weighted by atomic mass is 32.2. The molecule has 0 aliphatic rings. The third-order valence-electron chi connectivity index (χ3n) is 3.41. The van der Waals surface area contributed by atoms with E-state index in [1.54, 1.807) is 26.0 Å². The van der Waals surface area contributed by atoms with Crippen LogP contribution in [0.2, 0.25) is 0 Å². The van der Waals surface area contributed by atoms with E-state index in [2.05, 4.69) is 15.3 Å². The van der Waals surface area contributed by atoms with E-state index in [-0.39, 0.29) is 0 Å². The molecule has 0 atom stereocenters. The molecule has 3 rings (SSSR count). The van der Waals surface area contributed by atoms with Crippen LogP contribution in [0.1, 0.15) is 0 Å². The van der Waals surface area contributed by atoms with E-state index in [0.29, 0.717) is 11.7 Å². The van der Waals surface area contributed by atoms with Gasteiger partial charge in [-0.2, -0.15) is 0 Å². The second-order valence-electron chi connectivity index (χ2n) is 4.76. The van der Waals surface area contributed by atoms with Crippen LogP contribution in [0.25, 0.3) is 10.9 Å². The highest BCUT2D eigenvalue weighted by molar-refractivity contribution is 7.98. The van der Waals surface area contributed by atoms with Gasteiger partial charge in [-0.25, -0.2) is 9.97 Å². The molecule has 3 aromatic rings. The molecule has 0 aliphatic carbocycles. The Balaban J connectivity index is 2.04. The molecule has 0 radical (unpaired) electrons. The number of rotatable bonds is 5. The summed E-state index contributed by atoms with van der Waals surface area (Å²) in [5, 5.41) is 5.20. The number of methoxy groups -OCH3 is 2. The van der Waals surface area contributed by atoms with E-state index >= 15 is 0 Å². The fourth-order valence-electron chi connectivity index (χ4n) is 2.29. The zero-order valence-corrected chi connectivity index (χ0v) is 14.0. The van der Waals surface area contributed by atoms with Crippen molar-refractivity contribution in [3.05, 3.63) is 42.5 Å². The summed E-state index contributed by atoms with van der Waals surface area (Å²) in [6.07, 6.45) is 2.00. The van der Waals surface area contributed by atoms with Crippen molar-refractivity contribution >= 4 is 34.3 Å². The Morgan fingerprint density at radius 3 is 2.57 bits per heavy atom. The highest BCUT2D eigenvalue weighted by Crippen LogP contribution is 2.32. The molecule has 1 N–H and O–H groups in total. The van der Waals surface area contributed by atoms with Gasteiger partial charge in [-0.3, -0.25) is 0 Å². The molecule has 0 saturated carbocycles. The third kappa shape index (κ3) is 3.17. The number of thioether (sulfide) groups is 1. The first-order valence-corrected chi connectivity index (χ1v) is 8.27. The number of hydrogen-bond donors (Lipinski definition) is 1. The first-order chi connectivity index (χ1) is 11.2. The lowest BCUT2D eigenvalue weighted by molar-refractivity contribution is 0.405. The second-order valence-corrected chi connectivity index (χ2v) is 5.56. The maximum atomic E-state index is 5.38. The average Bonchev–Trinajstić information content (AvgIpc) is 2.60. The summed E-state index contributed by atoms with van der Waals surface area (Å²) in [4.78, 5) is 9.17. The van der Waals surface area contributed by atoms with E-state index in [4.69, 9.17) is 9.47 Å². The fraction of sp³-hybridized carbons (Fsp3) is 0.176. The molecule has 23 heavy (non-hydrogen) atoms. The minimum absolute atomic E-state index is 0.527. The molecule has 6 heteroatoms. The van der Waals surface area contributed by atoms with Gasteiger partial charge in [0, 0.05) is 11.5 Å². The van der Waals surface area contributed by atoms with Crippen molar-refractivity contribution < 1.29 is 9.47 Å². The monoisotopic (exact) mass is 327 g/mol. The van der Waals surface area contributed by atoms with Crippen molar-refractivity contribution in [3.63, 3.8) is 0 Å². The number of benzene rings is 2. The number of nitrogens with one attached hydrogen (secondary N) is 1. The maximum absolute atomic E-state index is 5.38. The van der Waals surface area contributed by atoms with Gasteiger partial charge in [-0.05, 0) is 24.5 Å². The van der Waals surface area contributed by atoms with Gasteiger partial charge >= 0.3 is 0 Å². The van der Waals surface area contributed by atoms with Crippen LogP contribution >= 0.6 is 11.8 Å². The Morgan fingerprint density at radius 1 is 1.00 bits per heavy atom. The van der Waals surface area contributed by atoms with Gasteiger partial charge in [0.1, 0.15) is 16.5 Å². The normalized spacial score (nSPS) is 10.6. The summed E-state index contributed by atoms with van der Waals surface area (Å²) in [6.45, 7) is 0. The summed E-state index contributed by atoms with van der Waals surface area (Å²) in [6, 6.07) is 13.5. The lowest BCUT2D eigenvalue weighted by Crippen LogP contribution is -2.01. The number of para-hydroxylation sites is 1. The predicted molar refractivity (Wildman–Crippen MR) is 94.1 cm³/mol. The molecule has 1 heterocycles. The number of hydrogen-bond acceptors (Lipinski definition) is 6. The lowest BCUT2D eigenvalue weighted by atomic mass is 10.2. The van der Waals surface area contributed by atoms with Crippen molar-refractivity contribution in [1.82, 2.24) is 9.97 Å². The van der Waals surface area contributed by atoms with Gasteiger partial charge < -0.3 is 14.8 Å². The summed E-state index contributed by atoms with van der Waals surface area (Å²) in [7, 11) is 3.26. The molecular weight excluding hydrogens is 310 g/mol. The molecule has 0 unspecified atom stereocenters. The second kappa shape index (κ2) is 6.75. The topological polar surface area (TPSA) is 56.3 Å². The van der Waals surface area contributed by atoms with Crippen LogP contribution in [0, 0.1) is 0 Å². The Bertz CT molecular complexity index is 839. The minimum Gasteiger partial charge on any atom is -0.497 e. The first kappa shape index (κ1) is 15.4. The summed E-state index contributed by atoms with van der Waals surface area (Å²) < 4.78 is 10.6. The summed E-state index contributed by atoms with van der Waals surface area (Å²) >= 11 is 1.59. The molecule has 0 amide bonds. The lowest BCUT2D eigenvalue weighted by Gasteiger charge is -2.13. The van der Waals surface area contributed by atoms with Crippen LogP contribution < -0.4 is 14.8 Å². The van der Waals surface area contributed by atoms with Gasteiger partial charge in [-0.1, -0.05) is 18.2 Å². The van der Waals surface area contributed by atoms with Gasteiger partial charge in [0.15, 0.2) is 0 Å². The third-order valence-corrected chi connectivity index (χ3v) is 4.11. The van der Waals surface area contributed by atoms with E-state index in [9.17, 15) is 0 Å². The molecule has 0 fully saturated rings. The van der Waals surface area contributed by atoms with Crippen LogP contribution in [-0.2, 0) is 0 Å². The minimum atomic E-state index is 0.527. The van der Waals surface area contributed by atoms with Crippen molar-refractivity contribution in [1.29, 1.82) is 0 Å². The number of anilines is 2. The van der Waals surface area contributed by atoms with E-state index < -0.39 is 0 Å².